The van der Waals surface area contributed by atoms with E-state index >= 15 is 0 Å². The van der Waals surface area contributed by atoms with Gasteiger partial charge in [0.2, 0.25) is 0 Å². The van der Waals surface area contributed by atoms with Crippen LogP contribution in [-0.2, 0) is 14.7 Å². The Morgan fingerprint density at radius 3 is 2.12 bits per heavy atom. The van der Waals surface area contributed by atoms with Crippen LogP contribution in [0.4, 0.5) is 0 Å². The van der Waals surface area contributed by atoms with Crippen molar-refractivity contribution in [2.45, 2.75) is 51.9 Å². The van der Waals surface area contributed by atoms with Crippen LogP contribution < -0.4 is 4.72 Å². The zero-order valence-corrected chi connectivity index (χ0v) is 12.7. The average Bonchev–Trinajstić information content (AvgIpc) is 1.96. The molecule has 0 radical (unpaired) electrons. The van der Waals surface area contributed by atoms with Crippen molar-refractivity contribution in [1.29, 1.82) is 0 Å². The van der Waals surface area contributed by atoms with E-state index in [0.717, 1.165) is 0 Å². The maximum absolute atomic E-state index is 10.5. The number of rotatable bonds is 5. The van der Waals surface area contributed by atoms with Crippen molar-refractivity contribution in [3.05, 3.63) is 0 Å². The van der Waals surface area contributed by atoms with Gasteiger partial charge in [-0.1, -0.05) is 20.8 Å². The van der Waals surface area contributed by atoms with E-state index in [0.29, 0.717) is 0 Å². The Morgan fingerprint density at radius 1 is 1.38 bits per heavy atom. The molecule has 0 aliphatic carbocycles. The third-order valence-corrected chi connectivity index (χ3v) is 7.99. The average molecular weight is 269 g/mol. The zero-order chi connectivity index (χ0) is 13.2. The van der Waals surface area contributed by atoms with Crippen LogP contribution in [0, 0.1) is 0 Å². The third-order valence-electron chi connectivity index (χ3n) is 2.86. The first kappa shape index (κ1) is 16.0. The topological polar surface area (TPSA) is 75.6 Å². The van der Waals surface area contributed by atoms with E-state index in [1.54, 1.807) is 6.92 Å². The summed E-state index contributed by atoms with van der Waals surface area (Å²) < 4.78 is 37.5. The molecule has 2 N–H and O–H groups in total. The van der Waals surface area contributed by atoms with Crippen molar-refractivity contribution in [2.24, 2.45) is 0 Å². The van der Waals surface area contributed by atoms with Gasteiger partial charge in [-0.05, 0) is 25.1 Å². The van der Waals surface area contributed by atoms with E-state index in [2.05, 4.69) is 33.9 Å². The van der Waals surface area contributed by atoms with Crippen LogP contribution in [0.25, 0.3) is 0 Å². The molecule has 0 bridgehead atoms. The largest absolute Gasteiger partial charge is 0.413 e. The van der Waals surface area contributed by atoms with Gasteiger partial charge >= 0.3 is 10.3 Å². The Kier molecular flexibility index (Phi) is 5.15. The molecule has 0 saturated carbocycles. The minimum atomic E-state index is -4.12. The number of hydrogen-bond donors (Lipinski definition) is 2. The highest BCUT2D eigenvalue weighted by Crippen LogP contribution is 2.37. The maximum atomic E-state index is 10.5. The fraction of sp³-hybridized carbons (Fsp3) is 1.00. The Morgan fingerprint density at radius 2 is 1.81 bits per heavy atom. The molecule has 0 aliphatic heterocycles. The Labute approximate surface area is 99.6 Å². The summed E-state index contributed by atoms with van der Waals surface area (Å²) in [5, 5.41) is 0.0827. The number of nitrogens with one attached hydrogen (secondary N) is 1. The van der Waals surface area contributed by atoms with Gasteiger partial charge in [-0.3, -0.25) is 4.55 Å². The minimum absolute atomic E-state index is 0.0827. The molecular weight excluding hydrogens is 246 g/mol. The Hall–Kier alpha value is 0.0469. The molecule has 16 heavy (non-hydrogen) atoms. The lowest BCUT2D eigenvalue weighted by molar-refractivity contribution is 0.201. The van der Waals surface area contributed by atoms with Crippen molar-refractivity contribution in [3.8, 4) is 0 Å². The molecule has 0 heterocycles. The van der Waals surface area contributed by atoms with Crippen LogP contribution in [0.1, 0.15) is 27.7 Å². The molecule has 0 spiro atoms. The van der Waals surface area contributed by atoms with E-state index in [1.165, 1.54) is 0 Å². The predicted octanol–water partition coefficient (Wildman–Crippen LogP) is 1.79. The molecule has 1 atom stereocenters. The smallest absolute Gasteiger partial charge is 0.333 e. The van der Waals surface area contributed by atoms with Crippen LogP contribution in [0.3, 0.4) is 0 Å². The highest BCUT2D eigenvalue weighted by molar-refractivity contribution is 7.83. The fourth-order valence-electron chi connectivity index (χ4n) is 0.944. The first-order valence-corrected chi connectivity index (χ1v) is 9.60. The van der Waals surface area contributed by atoms with Gasteiger partial charge in [-0.15, -0.1) is 0 Å². The van der Waals surface area contributed by atoms with Crippen molar-refractivity contribution in [3.63, 3.8) is 0 Å². The molecule has 0 aromatic carbocycles. The fourth-order valence-corrected chi connectivity index (χ4v) is 2.83. The molecule has 0 aromatic rings. The molecule has 0 rings (SSSR count). The lowest BCUT2D eigenvalue weighted by atomic mass is 10.2. The summed E-state index contributed by atoms with van der Waals surface area (Å²) in [5.74, 6) is 0. The standard InChI is InChI=1S/C9H23NO4SSi/c1-8(7-10-15(11,12)13)14-16(5,6)9(2,3)4/h8,10H,7H2,1-6H3,(H,11,12,13). The second-order valence-electron chi connectivity index (χ2n) is 5.51. The molecule has 98 valence electrons. The summed E-state index contributed by atoms with van der Waals surface area (Å²) in [5.41, 5.74) is 0. The van der Waals surface area contributed by atoms with Crippen molar-refractivity contribution < 1.29 is 17.4 Å². The van der Waals surface area contributed by atoms with Crippen LogP contribution in [0.5, 0.6) is 0 Å². The van der Waals surface area contributed by atoms with Crippen LogP contribution >= 0.6 is 0 Å². The summed E-state index contributed by atoms with van der Waals surface area (Å²) in [4.78, 5) is 0. The maximum Gasteiger partial charge on any atom is 0.333 e. The van der Waals surface area contributed by atoms with Crippen LogP contribution in [-0.4, -0.2) is 33.9 Å². The molecular formula is C9H23NO4SSi. The summed E-state index contributed by atoms with van der Waals surface area (Å²) in [7, 11) is -6.01. The molecule has 0 saturated heterocycles. The van der Waals surface area contributed by atoms with Crippen LogP contribution in [0.15, 0.2) is 0 Å². The van der Waals surface area contributed by atoms with Crippen molar-refractivity contribution in [2.75, 3.05) is 6.54 Å². The van der Waals surface area contributed by atoms with E-state index < -0.39 is 18.6 Å². The lowest BCUT2D eigenvalue weighted by Gasteiger charge is -2.38. The second-order valence-corrected chi connectivity index (χ2v) is 11.5. The summed E-state index contributed by atoms with van der Waals surface area (Å²) >= 11 is 0. The highest BCUT2D eigenvalue weighted by atomic mass is 32.2. The van der Waals surface area contributed by atoms with Gasteiger partial charge in [0.25, 0.3) is 0 Å². The number of hydrogen-bond acceptors (Lipinski definition) is 3. The highest BCUT2D eigenvalue weighted by Gasteiger charge is 2.38. The first-order valence-electron chi connectivity index (χ1n) is 5.25. The molecule has 0 amide bonds. The van der Waals surface area contributed by atoms with E-state index in [9.17, 15) is 8.42 Å². The molecule has 0 aromatic heterocycles. The normalized spacial score (nSPS) is 16.2. The van der Waals surface area contributed by atoms with Gasteiger partial charge in [0.1, 0.15) is 0 Å². The van der Waals surface area contributed by atoms with Gasteiger partial charge < -0.3 is 4.43 Å². The molecule has 0 fully saturated rings. The van der Waals surface area contributed by atoms with Gasteiger partial charge in [0.15, 0.2) is 8.32 Å². The summed E-state index contributed by atoms with van der Waals surface area (Å²) in [6.45, 7) is 12.4. The van der Waals surface area contributed by atoms with Gasteiger partial charge in [0, 0.05) is 6.54 Å². The predicted molar refractivity (Wildman–Crippen MR) is 67.3 cm³/mol. The monoisotopic (exact) mass is 269 g/mol. The molecule has 0 aliphatic rings. The van der Waals surface area contributed by atoms with Crippen molar-refractivity contribution >= 4 is 18.6 Å². The Balaban J connectivity index is 4.31. The van der Waals surface area contributed by atoms with Gasteiger partial charge in [-0.25, -0.2) is 0 Å². The third kappa shape index (κ3) is 5.95. The molecule has 1 unspecified atom stereocenters. The van der Waals surface area contributed by atoms with Gasteiger partial charge in [0.05, 0.1) is 6.10 Å². The zero-order valence-electron chi connectivity index (χ0n) is 10.9. The second kappa shape index (κ2) is 5.13. The Bertz CT molecular complexity index is 321. The van der Waals surface area contributed by atoms with E-state index in [-0.39, 0.29) is 17.7 Å². The first-order chi connectivity index (χ1) is 6.85. The summed E-state index contributed by atoms with van der Waals surface area (Å²) in [6.07, 6.45) is -0.247. The van der Waals surface area contributed by atoms with Crippen molar-refractivity contribution in [1.82, 2.24) is 4.72 Å². The quantitative estimate of drug-likeness (QED) is 0.589. The minimum Gasteiger partial charge on any atom is -0.413 e. The van der Waals surface area contributed by atoms with E-state index in [1.807, 2.05) is 4.72 Å². The van der Waals surface area contributed by atoms with Gasteiger partial charge in [-0.2, -0.15) is 13.1 Å². The molecule has 5 nitrogen and oxygen atoms in total. The van der Waals surface area contributed by atoms with Crippen LogP contribution in [0.2, 0.25) is 18.1 Å². The summed E-state index contributed by atoms with van der Waals surface area (Å²) in [6, 6.07) is 0. The lowest BCUT2D eigenvalue weighted by Crippen LogP contribution is -2.46. The van der Waals surface area contributed by atoms with E-state index in [4.69, 9.17) is 8.98 Å². The molecule has 7 heteroatoms. The SMILES string of the molecule is CC(CNS(=O)(=O)O)O[Si](C)(C)C(C)(C)C.